The van der Waals surface area contributed by atoms with E-state index >= 15 is 0 Å². The maximum absolute atomic E-state index is 11.8. The first kappa shape index (κ1) is 14.5. The van der Waals surface area contributed by atoms with E-state index in [1.807, 2.05) is 43.3 Å². The number of halogens is 1. The van der Waals surface area contributed by atoms with Crippen molar-refractivity contribution in [3.05, 3.63) is 57.8 Å². The van der Waals surface area contributed by atoms with Crippen LogP contribution in [0.4, 0.5) is 5.69 Å². The van der Waals surface area contributed by atoms with E-state index in [4.69, 9.17) is 4.74 Å². The van der Waals surface area contributed by atoms with Crippen LogP contribution in [0.3, 0.4) is 0 Å². The van der Waals surface area contributed by atoms with E-state index in [9.17, 15) is 4.79 Å². The molecule has 1 heterocycles. The monoisotopic (exact) mass is 334 g/mol. The molecule has 2 rings (SSSR count). The van der Waals surface area contributed by atoms with Crippen LogP contribution in [-0.4, -0.2) is 18.1 Å². The fourth-order valence-electron chi connectivity index (χ4n) is 1.83. The van der Waals surface area contributed by atoms with Crippen LogP contribution in [-0.2, 0) is 11.3 Å². The highest BCUT2D eigenvalue weighted by Crippen LogP contribution is 2.19. The van der Waals surface area contributed by atoms with E-state index in [2.05, 4.69) is 26.2 Å². The molecule has 5 heteroatoms. The van der Waals surface area contributed by atoms with Gasteiger partial charge >= 0.3 is 5.97 Å². The molecule has 20 heavy (non-hydrogen) atoms. The minimum Gasteiger partial charge on any atom is -0.465 e. The Labute approximate surface area is 126 Å². The quantitative estimate of drug-likeness (QED) is 0.686. The summed E-state index contributed by atoms with van der Waals surface area (Å²) < 4.78 is 5.59. The van der Waals surface area contributed by atoms with Crippen LogP contribution in [0, 0.1) is 6.92 Å². The smallest absolute Gasteiger partial charge is 0.339 e. The fraction of sp³-hybridized carbons (Fsp3) is 0.200. The van der Waals surface area contributed by atoms with Gasteiger partial charge in [-0.3, -0.25) is 0 Å². The lowest BCUT2D eigenvalue weighted by atomic mass is 10.1. The molecule has 0 saturated carbocycles. The molecule has 0 aliphatic carbocycles. The Hall–Kier alpha value is -1.88. The Balaban J connectivity index is 2.19. The molecule has 0 spiro atoms. The topological polar surface area (TPSA) is 51.2 Å². The largest absolute Gasteiger partial charge is 0.465 e. The van der Waals surface area contributed by atoms with Gasteiger partial charge in [-0.15, -0.1) is 0 Å². The third-order valence-electron chi connectivity index (χ3n) is 2.81. The molecule has 0 saturated heterocycles. The number of methoxy groups -OCH3 is 1. The molecule has 0 aliphatic rings. The number of anilines is 1. The van der Waals surface area contributed by atoms with Gasteiger partial charge in [0.05, 0.1) is 24.9 Å². The van der Waals surface area contributed by atoms with Crippen molar-refractivity contribution in [2.24, 2.45) is 0 Å². The van der Waals surface area contributed by atoms with Crippen LogP contribution in [0.25, 0.3) is 0 Å². The summed E-state index contributed by atoms with van der Waals surface area (Å²) >= 11 is 3.33. The highest BCUT2D eigenvalue weighted by Gasteiger charge is 2.11. The number of nitrogens with one attached hydrogen (secondary N) is 1. The number of ether oxygens (including phenoxy) is 1. The van der Waals surface area contributed by atoms with Crippen molar-refractivity contribution in [1.82, 2.24) is 4.98 Å². The van der Waals surface area contributed by atoms with Gasteiger partial charge in [-0.05, 0) is 47.1 Å². The summed E-state index contributed by atoms with van der Waals surface area (Å²) in [6, 6.07) is 11.3. The van der Waals surface area contributed by atoms with Crippen LogP contribution >= 0.6 is 15.9 Å². The molecule has 0 bridgehead atoms. The molecule has 104 valence electrons. The summed E-state index contributed by atoms with van der Waals surface area (Å²) in [4.78, 5) is 16.1. The van der Waals surface area contributed by atoms with E-state index in [1.165, 1.54) is 7.11 Å². The molecule has 0 fully saturated rings. The van der Waals surface area contributed by atoms with Crippen LogP contribution in [0.2, 0.25) is 0 Å². The van der Waals surface area contributed by atoms with Crippen molar-refractivity contribution in [3.8, 4) is 0 Å². The highest BCUT2D eigenvalue weighted by molar-refractivity contribution is 9.10. The Kier molecular flexibility index (Phi) is 4.74. The van der Waals surface area contributed by atoms with Gasteiger partial charge < -0.3 is 10.1 Å². The molecule has 0 radical (unpaired) electrons. The van der Waals surface area contributed by atoms with Gasteiger partial charge in [-0.1, -0.05) is 17.7 Å². The Morgan fingerprint density at radius 3 is 2.85 bits per heavy atom. The zero-order valence-corrected chi connectivity index (χ0v) is 12.9. The molecule has 1 N–H and O–H groups in total. The number of rotatable bonds is 4. The number of aromatic nitrogens is 1. The van der Waals surface area contributed by atoms with E-state index in [0.717, 1.165) is 21.5 Å². The second kappa shape index (κ2) is 6.52. The third-order valence-corrected chi connectivity index (χ3v) is 3.25. The first-order valence-corrected chi connectivity index (χ1v) is 6.93. The zero-order valence-electron chi connectivity index (χ0n) is 11.3. The van der Waals surface area contributed by atoms with Gasteiger partial charge in [0.25, 0.3) is 0 Å². The first-order valence-electron chi connectivity index (χ1n) is 6.14. The lowest BCUT2D eigenvalue weighted by Gasteiger charge is -2.11. The standard InChI is InChI=1S/C15H15BrN2O2/c1-10-6-7-13(12(8-10)15(19)20-2)17-9-11-4-3-5-14(16)18-11/h3-8,17H,9H2,1-2H3. The van der Waals surface area contributed by atoms with Crippen molar-refractivity contribution in [1.29, 1.82) is 0 Å². The summed E-state index contributed by atoms with van der Waals surface area (Å²) in [5, 5.41) is 3.22. The number of hydrogen-bond donors (Lipinski definition) is 1. The Morgan fingerprint density at radius 2 is 2.15 bits per heavy atom. The molecule has 0 unspecified atom stereocenters. The molecule has 4 nitrogen and oxygen atoms in total. The van der Waals surface area contributed by atoms with Crippen molar-refractivity contribution in [2.45, 2.75) is 13.5 Å². The number of aryl methyl sites for hydroxylation is 1. The lowest BCUT2D eigenvalue weighted by Crippen LogP contribution is -2.09. The van der Waals surface area contributed by atoms with Crippen molar-refractivity contribution >= 4 is 27.6 Å². The predicted octanol–water partition coefficient (Wildman–Crippen LogP) is 3.55. The van der Waals surface area contributed by atoms with Crippen molar-refractivity contribution < 1.29 is 9.53 Å². The Bertz CT molecular complexity index is 629. The normalized spacial score (nSPS) is 10.2. The van der Waals surface area contributed by atoms with Gasteiger partial charge in [-0.2, -0.15) is 0 Å². The fourth-order valence-corrected chi connectivity index (χ4v) is 2.21. The first-order chi connectivity index (χ1) is 9.60. The predicted molar refractivity (Wildman–Crippen MR) is 81.8 cm³/mol. The average Bonchev–Trinajstić information content (AvgIpc) is 2.45. The second-order valence-corrected chi connectivity index (χ2v) is 5.16. The maximum atomic E-state index is 11.8. The van der Waals surface area contributed by atoms with Gasteiger partial charge in [0.15, 0.2) is 0 Å². The van der Waals surface area contributed by atoms with Crippen LogP contribution in [0.5, 0.6) is 0 Å². The van der Waals surface area contributed by atoms with Gasteiger partial charge in [0.2, 0.25) is 0 Å². The van der Waals surface area contributed by atoms with E-state index in [-0.39, 0.29) is 5.97 Å². The SMILES string of the molecule is COC(=O)c1cc(C)ccc1NCc1cccc(Br)n1. The molecule has 1 aromatic heterocycles. The summed E-state index contributed by atoms with van der Waals surface area (Å²) in [7, 11) is 1.38. The third kappa shape index (κ3) is 3.57. The summed E-state index contributed by atoms with van der Waals surface area (Å²) in [5.41, 5.74) is 3.17. The minimum atomic E-state index is -0.349. The molecule has 0 aliphatic heterocycles. The van der Waals surface area contributed by atoms with Crippen LogP contribution in [0.15, 0.2) is 41.0 Å². The molecule has 0 amide bonds. The van der Waals surface area contributed by atoms with Gasteiger partial charge in [-0.25, -0.2) is 9.78 Å². The maximum Gasteiger partial charge on any atom is 0.339 e. The number of carbonyl (C=O) groups is 1. The van der Waals surface area contributed by atoms with E-state index in [1.54, 1.807) is 0 Å². The second-order valence-electron chi connectivity index (χ2n) is 4.35. The van der Waals surface area contributed by atoms with Gasteiger partial charge in [0, 0.05) is 5.69 Å². The van der Waals surface area contributed by atoms with Crippen molar-refractivity contribution in [2.75, 3.05) is 12.4 Å². The summed E-state index contributed by atoms with van der Waals surface area (Å²) in [6.45, 7) is 2.47. The highest BCUT2D eigenvalue weighted by atomic mass is 79.9. The Morgan fingerprint density at radius 1 is 1.35 bits per heavy atom. The average molecular weight is 335 g/mol. The molecule has 0 atom stereocenters. The minimum absolute atomic E-state index is 0.349. The van der Waals surface area contributed by atoms with Gasteiger partial charge in [0.1, 0.15) is 4.60 Å². The molecule has 2 aromatic rings. The number of benzene rings is 1. The van der Waals surface area contributed by atoms with Crippen molar-refractivity contribution in [3.63, 3.8) is 0 Å². The summed E-state index contributed by atoms with van der Waals surface area (Å²) in [5.74, 6) is -0.349. The molecular weight excluding hydrogens is 320 g/mol. The van der Waals surface area contributed by atoms with Crippen LogP contribution in [0.1, 0.15) is 21.6 Å². The van der Waals surface area contributed by atoms with E-state index in [0.29, 0.717) is 12.1 Å². The van der Waals surface area contributed by atoms with Crippen LogP contribution < -0.4 is 5.32 Å². The number of carbonyl (C=O) groups excluding carboxylic acids is 1. The molecular formula is C15H15BrN2O2. The summed E-state index contributed by atoms with van der Waals surface area (Å²) in [6.07, 6.45) is 0. The number of esters is 1. The number of nitrogens with zero attached hydrogens (tertiary/aromatic N) is 1. The molecule has 1 aromatic carbocycles. The number of hydrogen-bond acceptors (Lipinski definition) is 4. The number of pyridine rings is 1. The lowest BCUT2D eigenvalue weighted by molar-refractivity contribution is 0.0601. The van der Waals surface area contributed by atoms with E-state index < -0.39 is 0 Å². The zero-order chi connectivity index (χ0) is 14.5.